The van der Waals surface area contributed by atoms with Gasteiger partial charge in [-0.2, -0.15) is 0 Å². The number of carbonyl (C=O) groups excluding carboxylic acids is 3. The zero-order valence-electron chi connectivity index (χ0n) is 24.3. The fraction of sp³-hybridized carbons (Fsp3) is 0.324. The van der Waals surface area contributed by atoms with Crippen molar-refractivity contribution in [2.24, 2.45) is 5.92 Å². The zero-order chi connectivity index (χ0) is 30.7. The normalized spacial score (nSPS) is 21.0. The molecule has 5 rings (SSSR count). The molecule has 0 aromatic heterocycles. The maximum atomic E-state index is 13.9. The van der Waals surface area contributed by atoms with Gasteiger partial charge in [-0.15, -0.1) is 0 Å². The fourth-order valence-electron chi connectivity index (χ4n) is 5.91. The van der Waals surface area contributed by atoms with Gasteiger partial charge in [0.1, 0.15) is 6.10 Å². The van der Waals surface area contributed by atoms with Crippen molar-refractivity contribution in [2.45, 2.75) is 57.5 Å². The smallest absolute Gasteiger partial charge is 0.264 e. The molecule has 4 atom stereocenters. The SMILES string of the molecule is C[C@H](O)C(=O)Nc1cccc(CN2C(=O)[C@](O)([C@H](C)/C=C/CC(=O)N3Cc4ccccc4C[C@H]3CO)c3ccccc32)c1. The van der Waals surface area contributed by atoms with Crippen molar-refractivity contribution < 1.29 is 29.7 Å². The Balaban J connectivity index is 1.31. The van der Waals surface area contributed by atoms with E-state index in [0.29, 0.717) is 29.9 Å². The molecule has 3 aromatic carbocycles. The van der Waals surface area contributed by atoms with Crippen LogP contribution >= 0.6 is 0 Å². The average molecular weight is 584 g/mol. The third-order valence-corrected chi connectivity index (χ3v) is 8.35. The Morgan fingerprint density at radius 3 is 2.51 bits per heavy atom. The maximum Gasteiger partial charge on any atom is 0.264 e. The lowest BCUT2D eigenvalue weighted by Crippen LogP contribution is -2.46. The lowest BCUT2D eigenvalue weighted by atomic mass is 9.83. The molecule has 0 saturated heterocycles. The minimum atomic E-state index is -1.84. The largest absolute Gasteiger partial charge is 0.394 e. The molecule has 0 fully saturated rings. The Morgan fingerprint density at radius 1 is 1.05 bits per heavy atom. The van der Waals surface area contributed by atoms with E-state index in [1.165, 1.54) is 11.8 Å². The van der Waals surface area contributed by atoms with E-state index in [4.69, 9.17) is 0 Å². The van der Waals surface area contributed by atoms with Crippen molar-refractivity contribution >= 4 is 29.1 Å². The summed E-state index contributed by atoms with van der Waals surface area (Å²) in [7, 11) is 0. The zero-order valence-corrected chi connectivity index (χ0v) is 24.3. The number of nitrogens with zero attached hydrogens (tertiary/aromatic N) is 2. The summed E-state index contributed by atoms with van der Waals surface area (Å²) in [4.78, 5) is 42.2. The van der Waals surface area contributed by atoms with Crippen LogP contribution in [0.5, 0.6) is 0 Å². The van der Waals surface area contributed by atoms with Gasteiger partial charge >= 0.3 is 0 Å². The number of aliphatic hydroxyl groups is 3. The number of anilines is 2. The van der Waals surface area contributed by atoms with Crippen molar-refractivity contribution in [3.8, 4) is 0 Å². The molecule has 2 aliphatic heterocycles. The molecule has 0 bridgehead atoms. The number of hydrogen-bond acceptors (Lipinski definition) is 6. The number of amides is 3. The molecule has 4 N–H and O–H groups in total. The third-order valence-electron chi connectivity index (χ3n) is 8.35. The topological polar surface area (TPSA) is 130 Å². The van der Waals surface area contributed by atoms with Gasteiger partial charge in [0.15, 0.2) is 5.60 Å². The Labute approximate surface area is 251 Å². The van der Waals surface area contributed by atoms with Gasteiger partial charge < -0.3 is 30.4 Å². The highest BCUT2D eigenvalue weighted by Crippen LogP contribution is 2.45. The minimum absolute atomic E-state index is 0.0730. The van der Waals surface area contributed by atoms with E-state index < -0.39 is 29.4 Å². The second-order valence-corrected chi connectivity index (χ2v) is 11.3. The van der Waals surface area contributed by atoms with Crippen molar-refractivity contribution in [1.82, 2.24) is 4.90 Å². The number of carbonyl (C=O) groups is 3. The molecule has 2 aliphatic rings. The van der Waals surface area contributed by atoms with Crippen molar-refractivity contribution in [3.05, 3.63) is 107 Å². The van der Waals surface area contributed by atoms with Crippen LogP contribution in [0.1, 0.15) is 42.5 Å². The van der Waals surface area contributed by atoms with Crippen molar-refractivity contribution in [2.75, 3.05) is 16.8 Å². The Morgan fingerprint density at radius 2 is 1.77 bits per heavy atom. The number of nitrogens with one attached hydrogen (secondary N) is 1. The van der Waals surface area contributed by atoms with Gasteiger partial charge in [0, 0.05) is 30.1 Å². The van der Waals surface area contributed by atoms with Crippen LogP contribution in [-0.2, 0) is 39.5 Å². The second kappa shape index (κ2) is 12.5. The third kappa shape index (κ3) is 5.97. The predicted octanol–water partition coefficient (Wildman–Crippen LogP) is 3.27. The number of benzene rings is 3. The molecule has 43 heavy (non-hydrogen) atoms. The Hall–Kier alpha value is -4.31. The van der Waals surface area contributed by atoms with Crippen LogP contribution < -0.4 is 10.2 Å². The van der Waals surface area contributed by atoms with Gasteiger partial charge in [-0.05, 0) is 48.2 Å². The first-order valence-electron chi connectivity index (χ1n) is 14.5. The van der Waals surface area contributed by atoms with Crippen LogP contribution in [0.3, 0.4) is 0 Å². The summed E-state index contributed by atoms with van der Waals surface area (Å²) in [5, 5.41) is 34.0. The van der Waals surface area contributed by atoms with Gasteiger partial charge in [0.25, 0.3) is 11.8 Å². The van der Waals surface area contributed by atoms with E-state index >= 15 is 0 Å². The number of para-hydroxylation sites is 1. The molecule has 0 unspecified atom stereocenters. The van der Waals surface area contributed by atoms with Crippen LogP contribution in [-0.4, -0.2) is 56.7 Å². The van der Waals surface area contributed by atoms with E-state index in [2.05, 4.69) is 5.32 Å². The summed E-state index contributed by atoms with van der Waals surface area (Å²) in [6, 6.07) is 21.7. The maximum absolute atomic E-state index is 13.9. The highest BCUT2D eigenvalue weighted by Gasteiger charge is 2.52. The second-order valence-electron chi connectivity index (χ2n) is 11.3. The van der Waals surface area contributed by atoms with Crippen LogP contribution in [0.2, 0.25) is 0 Å². The highest BCUT2D eigenvalue weighted by atomic mass is 16.3. The number of aliphatic hydroxyl groups excluding tert-OH is 2. The van der Waals surface area contributed by atoms with Crippen LogP contribution in [0, 0.1) is 5.92 Å². The molecule has 9 nitrogen and oxygen atoms in total. The molecule has 2 heterocycles. The molecule has 9 heteroatoms. The molecule has 0 spiro atoms. The molecule has 0 saturated carbocycles. The summed E-state index contributed by atoms with van der Waals surface area (Å²) in [5.41, 5.74) is 2.64. The molecular formula is C34H37N3O6. The first kappa shape index (κ1) is 30.2. The van der Waals surface area contributed by atoms with Gasteiger partial charge in [0.05, 0.1) is 24.9 Å². The minimum Gasteiger partial charge on any atom is -0.394 e. The van der Waals surface area contributed by atoms with Gasteiger partial charge in [-0.3, -0.25) is 14.4 Å². The van der Waals surface area contributed by atoms with Crippen molar-refractivity contribution in [3.63, 3.8) is 0 Å². The predicted molar refractivity (Wildman–Crippen MR) is 163 cm³/mol. The molecule has 0 radical (unpaired) electrons. The van der Waals surface area contributed by atoms with Gasteiger partial charge in [-0.1, -0.05) is 73.7 Å². The van der Waals surface area contributed by atoms with Gasteiger partial charge in [0.2, 0.25) is 5.91 Å². The lowest BCUT2D eigenvalue weighted by molar-refractivity contribution is -0.139. The quantitative estimate of drug-likeness (QED) is 0.286. The summed E-state index contributed by atoms with van der Waals surface area (Å²) >= 11 is 0. The van der Waals surface area contributed by atoms with E-state index in [0.717, 1.165) is 16.7 Å². The first-order valence-corrected chi connectivity index (χ1v) is 14.5. The standard InChI is InChI=1S/C34H37N3O6/c1-22(9-7-16-31(40)36-20-26-12-4-3-11-25(26)18-28(36)21-38)34(43)29-14-5-6-15-30(29)37(33(34)42)19-24-10-8-13-27(17-24)35-32(41)23(2)39/h3-15,17,22-23,28,38-39,43H,16,18-21H2,1-2H3,(H,35,41)/b9-7+/t22-,23+,28+,34+/m1/s1. The summed E-state index contributed by atoms with van der Waals surface area (Å²) < 4.78 is 0. The summed E-state index contributed by atoms with van der Waals surface area (Å²) in [5.74, 6) is -1.80. The van der Waals surface area contributed by atoms with E-state index in [9.17, 15) is 29.7 Å². The molecule has 3 aromatic rings. The number of rotatable bonds is 9. The fourth-order valence-corrected chi connectivity index (χ4v) is 5.91. The molecule has 3 amide bonds. The van der Waals surface area contributed by atoms with Crippen LogP contribution in [0.25, 0.3) is 0 Å². The monoisotopic (exact) mass is 583 g/mol. The lowest BCUT2D eigenvalue weighted by Gasteiger charge is -2.36. The molecular weight excluding hydrogens is 546 g/mol. The van der Waals surface area contributed by atoms with Crippen LogP contribution in [0.4, 0.5) is 11.4 Å². The van der Waals surface area contributed by atoms with Gasteiger partial charge in [-0.25, -0.2) is 0 Å². The van der Waals surface area contributed by atoms with Crippen LogP contribution in [0.15, 0.2) is 84.9 Å². The average Bonchev–Trinajstić information content (AvgIpc) is 3.23. The van der Waals surface area contributed by atoms with E-state index in [1.807, 2.05) is 30.3 Å². The summed E-state index contributed by atoms with van der Waals surface area (Å²) in [6.45, 7) is 3.59. The van der Waals surface area contributed by atoms with E-state index in [-0.39, 0.29) is 31.5 Å². The number of fused-ring (bicyclic) bond motifs is 2. The Bertz CT molecular complexity index is 1550. The van der Waals surface area contributed by atoms with Crippen molar-refractivity contribution in [1.29, 1.82) is 0 Å². The molecule has 0 aliphatic carbocycles. The van der Waals surface area contributed by atoms with E-state index in [1.54, 1.807) is 66.4 Å². The Kier molecular flexibility index (Phi) is 8.77. The summed E-state index contributed by atoms with van der Waals surface area (Å²) in [6.07, 6.45) is 2.89. The number of hydrogen-bond donors (Lipinski definition) is 4. The first-order chi connectivity index (χ1) is 20.6. The highest BCUT2D eigenvalue weighted by molar-refractivity contribution is 6.07. The molecule has 224 valence electrons.